The molecule has 0 radical (unpaired) electrons. The van der Waals surface area contributed by atoms with E-state index in [1.165, 1.54) is 7.05 Å². The molecule has 1 aliphatic rings. The molecule has 1 heterocycles. The van der Waals surface area contributed by atoms with Gasteiger partial charge in [-0.15, -0.1) is 11.3 Å². The van der Waals surface area contributed by atoms with Crippen LogP contribution in [0.15, 0.2) is 0 Å². The molecule has 0 aliphatic heterocycles. The molecule has 0 spiro atoms. The van der Waals surface area contributed by atoms with Crippen LogP contribution in [-0.4, -0.2) is 36.1 Å². The van der Waals surface area contributed by atoms with Gasteiger partial charge in [0.25, 0.3) is 11.8 Å². The molecule has 1 aliphatic carbocycles. The highest BCUT2D eigenvalue weighted by Crippen LogP contribution is 2.37. The van der Waals surface area contributed by atoms with E-state index in [4.69, 9.17) is 11.5 Å². The number of nitrogen functional groups attached to an aromatic ring is 1. The van der Waals surface area contributed by atoms with E-state index >= 15 is 0 Å². The predicted octanol–water partition coefficient (Wildman–Crippen LogP) is 0.504. The zero-order valence-electron chi connectivity index (χ0n) is 11.8. The van der Waals surface area contributed by atoms with Crippen LogP contribution in [-0.2, 0) is 0 Å². The van der Waals surface area contributed by atoms with Crippen molar-refractivity contribution in [2.75, 3.05) is 18.1 Å². The van der Waals surface area contributed by atoms with Gasteiger partial charge in [-0.05, 0) is 25.7 Å². The average Bonchev–Trinajstić information content (AvgIpc) is 2.77. The summed E-state index contributed by atoms with van der Waals surface area (Å²) in [5.74, 6) is -0.996. The Kier molecular flexibility index (Phi) is 4.69. The summed E-state index contributed by atoms with van der Waals surface area (Å²) in [7, 11) is 1.50. The first-order valence-corrected chi connectivity index (χ1v) is 7.64. The number of thiophene rings is 1. The zero-order valence-corrected chi connectivity index (χ0v) is 12.6. The molecule has 1 saturated carbocycles. The van der Waals surface area contributed by atoms with Gasteiger partial charge < -0.3 is 27.2 Å². The van der Waals surface area contributed by atoms with Crippen molar-refractivity contribution in [2.24, 2.45) is 5.73 Å². The van der Waals surface area contributed by atoms with Crippen LogP contribution in [0, 0.1) is 0 Å². The van der Waals surface area contributed by atoms with Gasteiger partial charge in [0.05, 0.1) is 17.4 Å². The van der Waals surface area contributed by atoms with E-state index in [0.717, 1.165) is 37.0 Å². The third-order valence-corrected chi connectivity index (χ3v) is 4.81. The van der Waals surface area contributed by atoms with Gasteiger partial charge in [0, 0.05) is 13.1 Å². The lowest BCUT2D eigenvalue weighted by Crippen LogP contribution is -2.29. The van der Waals surface area contributed by atoms with Crippen molar-refractivity contribution in [3.8, 4) is 0 Å². The third kappa shape index (κ3) is 3.27. The monoisotopic (exact) mass is 312 g/mol. The van der Waals surface area contributed by atoms with Gasteiger partial charge in [0.2, 0.25) is 0 Å². The first-order valence-electron chi connectivity index (χ1n) is 6.82. The molecule has 1 fully saturated rings. The molecular formula is C13H20N4O3S. The largest absolute Gasteiger partial charge is 0.397 e. The van der Waals surface area contributed by atoms with Gasteiger partial charge in [-0.3, -0.25) is 9.59 Å². The minimum Gasteiger partial charge on any atom is -0.397 e. The fourth-order valence-corrected chi connectivity index (χ4v) is 3.53. The van der Waals surface area contributed by atoms with Gasteiger partial charge in [0.15, 0.2) is 0 Å². The summed E-state index contributed by atoms with van der Waals surface area (Å²) in [6.07, 6.45) is 2.79. The third-order valence-electron chi connectivity index (χ3n) is 3.65. The van der Waals surface area contributed by atoms with Crippen LogP contribution in [0.2, 0.25) is 0 Å². The Bertz CT molecular complexity index is 550. The number of hydrogen-bond acceptors (Lipinski definition) is 6. The molecule has 2 amide bonds. The van der Waals surface area contributed by atoms with E-state index in [1.54, 1.807) is 0 Å². The van der Waals surface area contributed by atoms with E-state index in [9.17, 15) is 14.7 Å². The number of aliphatic hydroxyl groups is 1. The number of rotatable bonds is 4. The Hall–Kier alpha value is -1.80. The molecule has 21 heavy (non-hydrogen) atoms. The Morgan fingerprint density at radius 3 is 2.43 bits per heavy atom. The smallest absolute Gasteiger partial charge is 0.260 e. The standard InChI is InChI=1S/C13H20N4O3S/c1-16-12(20)8-9(14)10(11(15)19)21-13(8)17-6-2-4-7(18)5-3-6/h6-7,17-18H,2-5,14H2,1H3,(H2,15,19)(H,16,20). The maximum absolute atomic E-state index is 12.0. The fourth-order valence-electron chi connectivity index (χ4n) is 2.48. The molecule has 7 nitrogen and oxygen atoms in total. The minimum atomic E-state index is -0.644. The highest BCUT2D eigenvalue weighted by atomic mass is 32.1. The molecular weight excluding hydrogens is 292 g/mol. The lowest BCUT2D eigenvalue weighted by molar-refractivity contribution is 0.0964. The number of amides is 2. The van der Waals surface area contributed by atoms with Crippen molar-refractivity contribution in [3.05, 3.63) is 10.4 Å². The number of primary amides is 1. The van der Waals surface area contributed by atoms with Crippen LogP contribution >= 0.6 is 11.3 Å². The van der Waals surface area contributed by atoms with Crippen molar-refractivity contribution >= 4 is 33.8 Å². The van der Waals surface area contributed by atoms with Gasteiger partial charge in [0.1, 0.15) is 9.88 Å². The second-order valence-electron chi connectivity index (χ2n) is 5.14. The van der Waals surface area contributed by atoms with Gasteiger partial charge >= 0.3 is 0 Å². The first kappa shape index (κ1) is 15.6. The molecule has 0 aromatic carbocycles. The van der Waals surface area contributed by atoms with E-state index in [1.807, 2.05) is 0 Å². The molecule has 0 saturated heterocycles. The SMILES string of the molecule is CNC(=O)c1c(NC2CCC(O)CC2)sc(C(N)=O)c1N. The summed E-state index contributed by atoms with van der Waals surface area (Å²) in [6.45, 7) is 0. The maximum Gasteiger partial charge on any atom is 0.260 e. The second kappa shape index (κ2) is 6.31. The van der Waals surface area contributed by atoms with E-state index in [0.29, 0.717) is 5.00 Å². The number of anilines is 2. The van der Waals surface area contributed by atoms with Crippen LogP contribution in [0.5, 0.6) is 0 Å². The number of aliphatic hydroxyl groups excluding tert-OH is 1. The number of carbonyl (C=O) groups is 2. The predicted molar refractivity (Wildman–Crippen MR) is 82.5 cm³/mol. The normalized spacial score (nSPS) is 21.8. The summed E-state index contributed by atoms with van der Waals surface area (Å²) in [5.41, 5.74) is 11.5. The molecule has 8 heteroatoms. The Morgan fingerprint density at radius 1 is 1.29 bits per heavy atom. The molecule has 1 aromatic heterocycles. The Balaban J connectivity index is 2.27. The lowest BCUT2D eigenvalue weighted by atomic mass is 9.93. The van der Waals surface area contributed by atoms with Crippen molar-refractivity contribution < 1.29 is 14.7 Å². The van der Waals surface area contributed by atoms with E-state index < -0.39 is 5.91 Å². The summed E-state index contributed by atoms with van der Waals surface area (Å²) < 4.78 is 0. The maximum atomic E-state index is 12.0. The van der Waals surface area contributed by atoms with Gasteiger partial charge in [-0.1, -0.05) is 0 Å². The summed E-state index contributed by atoms with van der Waals surface area (Å²) in [5, 5.41) is 15.9. The summed E-state index contributed by atoms with van der Waals surface area (Å²) >= 11 is 1.10. The number of carbonyl (C=O) groups excluding carboxylic acids is 2. The zero-order chi connectivity index (χ0) is 15.6. The quantitative estimate of drug-likeness (QED) is 0.553. The highest BCUT2D eigenvalue weighted by molar-refractivity contribution is 7.19. The molecule has 0 bridgehead atoms. The van der Waals surface area contributed by atoms with Crippen LogP contribution in [0.1, 0.15) is 45.7 Å². The summed E-state index contributed by atoms with van der Waals surface area (Å²) in [6, 6.07) is 0.149. The van der Waals surface area contributed by atoms with Gasteiger partial charge in [-0.2, -0.15) is 0 Å². The van der Waals surface area contributed by atoms with Crippen molar-refractivity contribution in [1.29, 1.82) is 0 Å². The van der Waals surface area contributed by atoms with Crippen molar-refractivity contribution in [3.63, 3.8) is 0 Å². The van der Waals surface area contributed by atoms with E-state index in [-0.39, 0.29) is 34.2 Å². The molecule has 1 aromatic rings. The molecule has 0 unspecified atom stereocenters. The molecule has 0 atom stereocenters. The van der Waals surface area contributed by atoms with Crippen molar-refractivity contribution in [2.45, 2.75) is 37.8 Å². The highest BCUT2D eigenvalue weighted by Gasteiger charge is 2.26. The Labute approximate surface area is 126 Å². The first-order chi connectivity index (χ1) is 9.93. The number of nitrogens with two attached hydrogens (primary N) is 2. The molecule has 116 valence electrons. The fraction of sp³-hybridized carbons (Fsp3) is 0.538. The van der Waals surface area contributed by atoms with Crippen LogP contribution in [0.3, 0.4) is 0 Å². The van der Waals surface area contributed by atoms with Crippen LogP contribution < -0.4 is 22.1 Å². The van der Waals surface area contributed by atoms with Crippen LogP contribution in [0.4, 0.5) is 10.7 Å². The summed E-state index contributed by atoms with van der Waals surface area (Å²) in [4.78, 5) is 23.5. The van der Waals surface area contributed by atoms with E-state index in [2.05, 4.69) is 10.6 Å². The molecule has 7 N–H and O–H groups in total. The Morgan fingerprint density at radius 2 is 1.90 bits per heavy atom. The van der Waals surface area contributed by atoms with Crippen molar-refractivity contribution in [1.82, 2.24) is 5.32 Å². The minimum absolute atomic E-state index is 0.116. The lowest BCUT2D eigenvalue weighted by Gasteiger charge is -2.26. The topological polar surface area (TPSA) is 130 Å². The average molecular weight is 312 g/mol. The molecule has 2 rings (SSSR count). The van der Waals surface area contributed by atoms with Gasteiger partial charge in [-0.25, -0.2) is 0 Å². The number of hydrogen-bond donors (Lipinski definition) is 5. The number of nitrogens with one attached hydrogen (secondary N) is 2. The second-order valence-corrected chi connectivity index (χ2v) is 6.16. The van der Waals surface area contributed by atoms with Crippen LogP contribution in [0.25, 0.3) is 0 Å².